The van der Waals surface area contributed by atoms with Crippen molar-refractivity contribution in [2.75, 3.05) is 40.8 Å². The summed E-state index contributed by atoms with van der Waals surface area (Å²) in [7, 11) is 5.31. The van der Waals surface area contributed by atoms with E-state index in [1.807, 2.05) is 53.6 Å². The molecule has 15 heteroatoms. The minimum absolute atomic E-state index is 0.0928. The third-order valence-electron chi connectivity index (χ3n) is 13.0. The van der Waals surface area contributed by atoms with Crippen molar-refractivity contribution < 1.29 is 58.7 Å². The van der Waals surface area contributed by atoms with Crippen molar-refractivity contribution in [2.24, 2.45) is 17.8 Å². The van der Waals surface area contributed by atoms with Crippen molar-refractivity contribution in [3.05, 3.63) is 0 Å². The summed E-state index contributed by atoms with van der Waals surface area (Å²) in [4.78, 5) is 16.4. The number of likely N-dealkylation sites (N-methyl/N-ethyl adjacent to an activating group) is 1. The molecule has 0 bridgehead atoms. The highest BCUT2D eigenvalue weighted by Gasteiger charge is 2.58. The molecule has 0 aliphatic carbocycles. The summed E-state index contributed by atoms with van der Waals surface area (Å²) in [5.74, 6) is -2.67. The van der Waals surface area contributed by atoms with E-state index in [0.29, 0.717) is 19.5 Å². The molecule has 18 atom stereocenters. The van der Waals surface area contributed by atoms with E-state index >= 15 is 0 Å². The number of nitrogens with zero attached hydrogens (tertiary/aromatic N) is 1. The number of aliphatic hydroxyl groups is 5. The van der Waals surface area contributed by atoms with Gasteiger partial charge >= 0.3 is 5.97 Å². The van der Waals surface area contributed by atoms with Gasteiger partial charge in [0.2, 0.25) is 0 Å². The van der Waals surface area contributed by atoms with Crippen molar-refractivity contribution in [3.63, 3.8) is 0 Å². The van der Waals surface area contributed by atoms with E-state index in [1.165, 1.54) is 14.0 Å². The number of methoxy groups -OCH3 is 1. The number of hydrogen-bond donors (Lipinski definition) is 7. The van der Waals surface area contributed by atoms with Crippen LogP contribution < -0.4 is 10.6 Å². The lowest BCUT2D eigenvalue weighted by atomic mass is 9.75. The Bertz CT molecular complexity index is 1230. The Morgan fingerprint density at radius 1 is 1.05 bits per heavy atom. The fourth-order valence-electron chi connectivity index (χ4n) is 9.21. The highest BCUT2D eigenvalue weighted by molar-refractivity contribution is 5.73. The summed E-state index contributed by atoms with van der Waals surface area (Å²) in [6.07, 6.45) is -6.62. The third-order valence-corrected chi connectivity index (χ3v) is 13.0. The maximum atomic E-state index is 14.5. The van der Waals surface area contributed by atoms with Gasteiger partial charge in [-0.2, -0.15) is 0 Å². The Kier molecular flexibility index (Phi) is 17.6. The van der Waals surface area contributed by atoms with Crippen molar-refractivity contribution in [2.45, 2.75) is 198 Å². The second-order valence-electron chi connectivity index (χ2n) is 18.2. The van der Waals surface area contributed by atoms with Gasteiger partial charge in [-0.25, -0.2) is 0 Å². The molecule has 0 aromatic carbocycles. The minimum atomic E-state index is -1.81. The molecule has 7 N–H and O–H groups in total. The number of hydrogen-bond acceptors (Lipinski definition) is 15. The smallest absolute Gasteiger partial charge is 0.311 e. The fourth-order valence-corrected chi connectivity index (χ4v) is 9.21. The van der Waals surface area contributed by atoms with Crippen LogP contribution >= 0.6 is 0 Å². The van der Waals surface area contributed by atoms with Gasteiger partial charge in [0.1, 0.15) is 29.0 Å². The molecule has 0 aromatic heterocycles. The Balaban J connectivity index is 2.16. The molecule has 0 aromatic rings. The average molecular weight is 806 g/mol. The molecule has 3 saturated heterocycles. The number of aliphatic hydroxyl groups excluding tert-OH is 2. The molecule has 3 fully saturated rings. The van der Waals surface area contributed by atoms with E-state index in [-0.39, 0.29) is 43.9 Å². The number of carbonyl (C=O) groups excluding carboxylic acids is 1. The van der Waals surface area contributed by atoms with Crippen molar-refractivity contribution >= 4 is 5.97 Å². The van der Waals surface area contributed by atoms with E-state index in [4.69, 9.17) is 28.4 Å². The van der Waals surface area contributed by atoms with Gasteiger partial charge in [-0.05, 0) is 107 Å². The summed E-state index contributed by atoms with van der Waals surface area (Å²) in [6, 6.07) is -0.875. The normalized spacial score (nSPS) is 45.2. The molecule has 0 amide bonds. The van der Waals surface area contributed by atoms with Gasteiger partial charge < -0.3 is 69.5 Å². The number of nitrogens with one attached hydrogen (secondary N) is 2. The second-order valence-corrected chi connectivity index (χ2v) is 18.2. The first-order valence-electron chi connectivity index (χ1n) is 20.9. The lowest BCUT2D eigenvalue weighted by molar-refractivity contribution is -0.336. The molecule has 0 spiro atoms. The molecule has 15 nitrogen and oxygen atoms in total. The van der Waals surface area contributed by atoms with E-state index in [2.05, 4.69) is 10.6 Å². The molecule has 56 heavy (non-hydrogen) atoms. The van der Waals surface area contributed by atoms with E-state index in [0.717, 1.165) is 6.42 Å². The zero-order chi connectivity index (χ0) is 42.6. The SMILES string of the molecule is CCCNC[C@]1(O)[C@H](C)O[C@@H](O[C@H]2[C@H](C)[C@@H](O[C@@H]3O[C@H](C)C[C@H](N(C)C)[C@H]3O)[C@](C)(O)C[C@@H](C)CN[C@H](C)[C@H]([C@](C)(O)[C@H](O)CC)OC(=O)[C@@H]2C)C[C@@]1(C)OC. The van der Waals surface area contributed by atoms with Crippen LogP contribution in [0.15, 0.2) is 0 Å². The van der Waals surface area contributed by atoms with Crippen LogP contribution in [-0.2, 0) is 33.2 Å². The van der Waals surface area contributed by atoms with Crippen LogP contribution in [0, 0.1) is 17.8 Å². The van der Waals surface area contributed by atoms with Crippen molar-refractivity contribution in [1.29, 1.82) is 0 Å². The van der Waals surface area contributed by atoms with Gasteiger partial charge in [-0.1, -0.05) is 27.7 Å². The maximum Gasteiger partial charge on any atom is 0.311 e. The highest BCUT2D eigenvalue weighted by Crippen LogP contribution is 2.43. The molecular weight excluding hydrogens is 726 g/mol. The molecular formula is C41H79N3O12. The van der Waals surface area contributed by atoms with Gasteiger partial charge in [-0.15, -0.1) is 0 Å². The van der Waals surface area contributed by atoms with E-state index in [9.17, 15) is 30.3 Å². The lowest BCUT2D eigenvalue weighted by Gasteiger charge is -2.53. The largest absolute Gasteiger partial charge is 0.457 e. The number of rotatable bonds is 13. The first-order chi connectivity index (χ1) is 25.9. The number of ether oxygens (including phenoxy) is 6. The maximum absolute atomic E-state index is 14.5. The standard InChI is InChI=1S/C41H79N3O12/c1-15-17-42-22-41(50)28(8)53-31(20-39(41,10)51-14)54-33-25(5)34(56-37-32(46)29(44(12)13)18-24(4)52-37)38(9,48)19-23(3)21-43-27(7)35(55-36(47)26(33)6)40(11,49)30(45)16-2/h23-35,37,42-43,45-46,48-50H,15-22H2,1-14H3/t23-,24-,25+,26-,27-,28+,29+,30-,31+,32-,33+,34-,35-,37+,38-,39-,40-,41+/m1/s1. The number of carbonyl (C=O) groups is 1. The molecule has 3 aliphatic heterocycles. The van der Waals surface area contributed by atoms with E-state index in [1.54, 1.807) is 34.6 Å². The topological polar surface area (TPSA) is 201 Å². The summed E-state index contributed by atoms with van der Waals surface area (Å²) in [5, 5.41) is 65.4. The monoisotopic (exact) mass is 806 g/mol. The van der Waals surface area contributed by atoms with Crippen LogP contribution in [0.3, 0.4) is 0 Å². The van der Waals surface area contributed by atoms with Crippen molar-refractivity contribution in [3.8, 4) is 0 Å². The quantitative estimate of drug-likeness (QED) is 0.105. The van der Waals surface area contributed by atoms with Gasteiger partial charge in [-0.3, -0.25) is 4.79 Å². The van der Waals surface area contributed by atoms with Gasteiger partial charge in [0.25, 0.3) is 0 Å². The predicted octanol–water partition coefficient (Wildman–Crippen LogP) is 1.93. The minimum Gasteiger partial charge on any atom is -0.457 e. The summed E-state index contributed by atoms with van der Waals surface area (Å²) in [5.41, 5.74) is -5.93. The predicted molar refractivity (Wildman–Crippen MR) is 212 cm³/mol. The molecule has 3 aliphatic rings. The van der Waals surface area contributed by atoms with Crippen LogP contribution in [-0.4, -0.2) is 167 Å². The lowest BCUT2D eigenvalue weighted by Crippen LogP contribution is -2.70. The molecule has 3 heterocycles. The fraction of sp³-hybridized carbons (Fsp3) is 0.976. The van der Waals surface area contributed by atoms with E-state index < -0.39 is 95.5 Å². The summed E-state index contributed by atoms with van der Waals surface area (Å²) >= 11 is 0. The zero-order valence-electron chi connectivity index (χ0n) is 36.8. The number of esters is 1. The molecule has 0 radical (unpaired) electrons. The van der Waals surface area contributed by atoms with Gasteiger partial charge in [0.05, 0.1) is 42.0 Å². The van der Waals surface area contributed by atoms with Gasteiger partial charge in [0.15, 0.2) is 12.6 Å². The zero-order valence-corrected chi connectivity index (χ0v) is 36.8. The third kappa shape index (κ3) is 11.0. The molecule has 0 unspecified atom stereocenters. The van der Waals surface area contributed by atoms with Crippen LogP contribution in [0.2, 0.25) is 0 Å². The summed E-state index contributed by atoms with van der Waals surface area (Å²) in [6.45, 7) is 20.9. The molecule has 3 rings (SSSR count). The molecule has 0 saturated carbocycles. The second kappa shape index (κ2) is 20.0. The average Bonchev–Trinajstić information content (AvgIpc) is 3.12. The Hall–Kier alpha value is -1.05. The highest BCUT2D eigenvalue weighted by atomic mass is 16.7. The first-order valence-corrected chi connectivity index (χ1v) is 20.9. The Morgan fingerprint density at radius 3 is 2.27 bits per heavy atom. The van der Waals surface area contributed by atoms with Crippen LogP contribution in [0.1, 0.15) is 108 Å². The van der Waals surface area contributed by atoms with Crippen LogP contribution in [0.25, 0.3) is 0 Å². The summed E-state index contributed by atoms with van der Waals surface area (Å²) < 4.78 is 38.4. The van der Waals surface area contributed by atoms with Gasteiger partial charge in [0, 0.05) is 38.1 Å². The van der Waals surface area contributed by atoms with Crippen LogP contribution in [0.5, 0.6) is 0 Å². The van der Waals surface area contributed by atoms with Crippen molar-refractivity contribution in [1.82, 2.24) is 15.5 Å². The Labute approximate surface area is 336 Å². The first kappa shape index (κ1) is 49.3. The number of cyclic esters (lactones) is 1. The Morgan fingerprint density at radius 2 is 1.70 bits per heavy atom. The molecule has 330 valence electrons. The van der Waals surface area contributed by atoms with Crippen LogP contribution in [0.4, 0.5) is 0 Å².